The van der Waals surface area contributed by atoms with Gasteiger partial charge in [0, 0.05) is 17.8 Å². The van der Waals surface area contributed by atoms with Gasteiger partial charge in [-0.15, -0.1) is 0 Å². The Balaban J connectivity index is 1.81. The van der Waals surface area contributed by atoms with Crippen LogP contribution in [0.4, 0.5) is 13.2 Å². The van der Waals surface area contributed by atoms with Crippen molar-refractivity contribution >= 4 is 23.6 Å². The number of carbonyl (C=O) groups excluding carboxylic acids is 2. The highest BCUT2D eigenvalue weighted by atomic mass is 19.1. The normalized spacial score (nSPS) is 11.2. The van der Waals surface area contributed by atoms with Crippen LogP contribution < -0.4 is 11.1 Å². The minimum Gasteiger partial charge on any atom is -0.366 e. The van der Waals surface area contributed by atoms with Crippen molar-refractivity contribution in [1.82, 2.24) is 10.3 Å². The first-order chi connectivity index (χ1) is 17.3. The monoisotopic (exact) mass is 487 g/mol. The van der Waals surface area contributed by atoms with Gasteiger partial charge in [0.1, 0.15) is 17.5 Å². The maximum Gasteiger partial charge on any atom is 0.251 e. The molecular weight excluding hydrogens is 467 g/mol. The molecule has 0 radical (unpaired) electrons. The molecular formula is C28H20F3N3O2. The second-order valence-corrected chi connectivity index (χ2v) is 7.93. The van der Waals surface area contributed by atoms with Gasteiger partial charge in [-0.25, -0.2) is 13.2 Å². The van der Waals surface area contributed by atoms with Gasteiger partial charge in [-0.3, -0.25) is 14.6 Å². The molecule has 5 nitrogen and oxygen atoms in total. The highest BCUT2D eigenvalue weighted by Crippen LogP contribution is 2.29. The Kier molecular flexibility index (Phi) is 7.25. The summed E-state index contributed by atoms with van der Waals surface area (Å²) in [6.45, 7) is 0. The molecule has 1 heterocycles. The van der Waals surface area contributed by atoms with Gasteiger partial charge in [0.2, 0.25) is 5.91 Å². The van der Waals surface area contributed by atoms with Gasteiger partial charge >= 0.3 is 0 Å². The fourth-order valence-electron chi connectivity index (χ4n) is 3.70. The second-order valence-electron chi connectivity index (χ2n) is 7.93. The Morgan fingerprint density at radius 1 is 0.889 bits per heavy atom. The van der Waals surface area contributed by atoms with E-state index in [2.05, 4.69) is 10.3 Å². The number of nitrogens with zero attached hydrogens (tertiary/aromatic N) is 1. The molecule has 1 aromatic heterocycles. The van der Waals surface area contributed by atoms with Crippen LogP contribution in [0.15, 0.2) is 85.1 Å². The molecule has 0 aliphatic rings. The summed E-state index contributed by atoms with van der Waals surface area (Å²) in [7, 11) is 0. The molecule has 0 aliphatic heterocycles. The van der Waals surface area contributed by atoms with Crippen molar-refractivity contribution in [2.75, 3.05) is 0 Å². The van der Waals surface area contributed by atoms with Gasteiger partial charge in [-0.1, -0.05) is 42.5 Å². The van der Waals surface area contributed by atoms with E-state index in [1.807, 2.05) is 6.07 Å². The van der Waals surface area contributed by atoms with Crippen LogP contribution in [0.2, 0.25) is 0 Å². The fourth-order valence-corrected chi connectivity index (χ4v) is 3.70. The minimum atomic E-state index is -0.943. The maximum atomic E-state index is 14.1. The summed E-state index contributed by atoms with van der Waals surface area (Å²) in [5, 5.41) is 2.78. The van der Waals surface area contributed by atoms with Crippen LogP contribution in [-0.2, 0) is 11.2 Å². The molecule has 36 heavy (non-hydrogen) atoms. The first kappa shape index (κ1) is 24.4. The van der Waals surface area contributed by atoms with Crippen LogP contribution in [0.3, 0.4) is 0 Å². The SMILES string of the molecule is NC(=O)c1cc(-c2cccnc2/C(=C/c2cc(F)cc(F)c2)NC(=O)Cc2ccccc2)ccc1F. The van der Waals surface area contributed by atoms with E-state index >= 15 is 0 Å². The quantitative estimate of drug-likeness (QED) is 0.379. The summed E-state index contributed by atoms with van der Waals surface area (Å²) in [5.74, 6) is -3.69. The third-order valence-corrected chi connectivity index (χ3v) is 5.28. The lowest BCUT2D eigenvalue weighted by Crippen LogP contribution is -2.24. The number of hydrogen-bond acceptors (Lipinski definition) is 3. The molecule has 2 amide bonds. The van der Waals surface area contributed by atoms with Crippen molar-refractivity contribution in [1.29, 1.82) is 0 Å². The van der Waals surface area contributed by atoms with Crippen molar-refractivity contribution in [3.05, 3.63) is 125 Å². The van der Waals surface area contributed by atoms with Crippen molar-refractivity contribution in [3.8, 4) is 11.1 Å². The van der Waals surface area contributed by atoms with Gasteiger partial charge in [-0.2, -0.15) is 0 Å². The largest absolute Gasteiger partial charge is 0.366 e. The Morgan fingerprint density at radius 3 is 2.31 bits per heavy atom. The van der Waals surface area contributed by atoms with Crippen LogP contribution in [0, 0.1) is 17.5 Å². The summed E-state index contributed by atoms with van der Waals surface area (Å²) in [5.41, 5.74) is 7.13. The number of amides is 2. The van der Waals surface area contributed by atoms with Crippen molar-refractivity contribution < 1.29 is 22.8 Å². The predicted molar refractivity (Wildman–Crippen MR) is 131 cm³/mol. The van der Waals surface area contributed by atoms with Gasteiger partial charge in [0.15, 0.2) is 0 Å². The van der Waals surface area contributed by atoms with E-state index in [0.717, 1.165) is 29.8 Å². The summed E-state index contributed by atoms with van der Waals surface area (Å²) in [4.78, 5) is 29.0. The first-order valence-electron chi connectivity index (χ1n) is 10.9. The van der Waals surface area contributed by atoms with Gasteiger partial charge < -0.3 is 11.1 Å². The second kappa shape index (κ2) is 10.7. The number of aromatic nitrogens is 1. The van der Waals surface area contributed by atoms with E-state index in [0.29, 0.717) is 11.1 Å². The van der Waals surface area contributed by atoms with Crippen molar-refractivity contribution in [2.24, 2.45) is 5.73 Å². The van der Waals surface area contributed by atoms with E-state index in [-0.39, 0.29) is 28.9 Å². The summed E-state index contributed by atoms with van der Waals surface area (Å²) in [6.07, 6.45) is 2.90. The molecule has 4 aromatic rings. The zero-order valence-electron chi connectivity index (χ0n) is 18.8. The number of pyridine rings is 1. The average Bonchev–Trinajstić information content (AvgIpc) is 2.84. The summed E-state index contributed by atoms with van der Waals surface area (Å²) >= 11 is 0. The zero-order valence-corrected chi connectivity index (χ0v) is 18.8. The lowest BCUT2D eigenvalue weighted by Gasteiger charge is -2.15. The number of benzene rings is 3. The van der Waals surface area contributed by atoms with Gasteiger partial charge in [0.25, 0.3) is 5.91 Å². The Bertz CT molecular complexity index is 1450. The fraction of sp³-hybridized carbons (Fsp3) is 0.0357. The molecule has 3 N–H and O–H groups in total. The molecule has 0 saturated carbocycles. The maximum absolute atomic E-state index is 14.1. The number of nitrogens with two attached hydrogens (primary N) is 1. The number of primary amides is 1. The van der Waals surface area contributed by atoms with E-state index in [4.69, 9.17) is 5.73 Å². The molecule has 0 fully saturated rings. The van der Waals surface area contributed by atoms with E-state index in [9.17, 15) is 22.8 Å². The molecule has 0 spiro atoms. The molecule has 0 atom stereocenters. The molecule has 180 valence electrons. The molecule has 0 bridgehead atoms. The standard InChI is InChI=1S/C28H20F3N3O2/c29-20-11-18(12-21(30)16-20)13-25(34-26(35)14-17-5-2-1-3-6-17)27-22(7-4-10-33-27)19-8-9-24(31)23(15-19)28(32)36/h1-13,15-16H,14H2,(H2,32,36)(H,34,35)/b25-13-. The summed E-state index contributed by atoms with van der Waals surface area (Å²) < 4.78 is 41.8. The van der Waals surface area contributed by atoms with E-state index in [1.54, 1.807) is 36.4 Å². The van der Waals surface area contributed by atoms with Crippen molar-refractivity contribution in [3.63, 3.8) is 0 Å². The van der Waals surface area contributed by atoms with Crippen LogP contribution in [0.5, 0.6) is 0 Å². The Morgan fingerprint density at radius 2 is 1.61 bits per heavy atom. The van der Waals surface area contributed by atoms with E-state index in [1.165, 1.54) is 24.4 Å². The molecule has 0 saturated heterocycles. The van der Waals surface area contributed by atoms with Crippen LogP contribution in [0.1, 0.15) is 27.2 Å². The number of rotatable bonds is 7. The zero-order chi connectivity index (χ0) is 25.7. The number of carbonyl (C=O) groups is 2. The first-order valence-corrected chi connectivity index (χ1v) is 10.9. The molecule has 4 rings (SSSR count). The Labute approximate surface area is 205 Å². The van der Waals surface area contributed by atoms with Gasteiger partial charge in [0.05, 0.1) is 23.4 Å². The van der Waals surface area contributed by atoms with Gasteiger partial charge in [-0.05, 0) is 53.1 Å². The third-order valence-electron chi connectivity index (χ3n) is 5.28. The van der Waals surface area contributed by atoms with Crippen LogP contribution >= 0.6 is 0 Å². The molecule has 0 unspecified atom stereocenters. The lowest BCUT2D eigenvalue weighted by atomic mass is 9.98. The lowest BCUT2D eigenvalue weighted by molar-refractivity contribution is -0.119. The average molecular weight is 487 g/mol. The number of halogens is 3. The number of hydrogen-bond donors (Lipinski definition) is 2. The molecule has 0 aliphatic carbocycles. The predicted octanol–water partition coefficient (Wildman–Crippen LogP) is 5.12. The highest BCUT2D eigenvalue weighted by Gasteiger charge is 2.17. The van der Waals surface area contributed by atoms with Crippen LogP contribution in [0.25, 0.3) is 22.9 Å². The topological polar surface area (TPSA) is 85.1 Å². The Hall–Kier alpha value is -4.72. The molecule has 8 heteroatoms. The molecule has 3 aromatic carbocycles. The van der Waals surface area contributed by atoms with E-state index < -0.39 is 29.3 Å². The number of nitrogens with one attached hydrogen (secondary N) is 1. The smallest absolute Gasteiger partial charge is 0.251 e. The van der Waals surface area contributed by atoms with Crippen molar-refractivity contribution in [2.45, 2.75) is 6.42 Å². The van der Waals surface area contributed by atoms with Crippen LogP contribution in [-0.4, -0.2) is 16.8 Å². The minimum absolute atomic E-state index is 0.0419. The highest BCUT2D eigenvalue weighted by molar-refractivity contribution is 5.97. The third kappa shape index (κ3) is 5.85. The summed E-state index contributed by atoms with van der Waals surface area (Å²) in [6, 6.07) is 19.1.